The molecule has 3 aromatic rings. The number of carbonyl (C=O) groups is 3. The monoisotopic (exact) mass is 624 g/mol. The van der Waals surface area contributed by atoms with Gasteiger partial charge in [-0.05, 0) is 73.9 Å². The second-order valence-electron chi connectivity index (χ2n) is 12.1. The number of ketones is 1. The smallest absolute Gasteiger partial charge is 0.310 e. The zero-order valence-electron chi connectivity index (χ0n) is 23.7. The molecule has 10 heteroatoms. The quantitative estimate of drug-likeness (QED) is 0.311. The fraction of sp³-hybridized carbons (Fsp3) is 0.455. The van der Waals surface area contributed by atoms with Crippen molar-refractivity contribution < 1.29 is 28.6 Å². The van der Waals surface area contributed by atoms with E-state index >= 15 is 0 Å². The summed E-state index contributed by atoms with van der Waals surface area (Å²) in [7, 11) is 0. The SMILES string of the molecule is O=C1C[C@]2(C(=O)O)C[C@@H]2/C=C\CCCCC[C@H](Cc2cccc(F)c2)C(=O)N2C[C@H](Oc3nc4ccc(Cl)cc4s3)C[C@@H]12. The lowest BCUT2D eigenvalue weighted by atomic mass is 9.90. The maximum Gasteiger partial charge on any atom is 0.310 e. The summed E-state index contributed by atoms with van der Waals surface area (Å²) >= 11 is 7.49. The molecule has 1 saturated carbocycles. The van der Waals surface area contributed by atoms with E-state index in [2.05, 4.69) is 4.98 Å². The molecular weight excluding hydrogens is 591 g/mol. The van der Waals surface area contributed by atoms with Gasteiger partial charge < -0.3 is 14.7 Å². The zero-order valence-corrected chi connectivity index (χ0v) is 25.3. The molecule has 1 N–H and O–H groups in total. The van der Waals surface area contributed by atoms with Crippen molar-refractivity contribution in [2.75, 3.05) is 6.54 Å². The highest BCUT2D eigenvalue weighted by atomic mass is 35.5. The minimum Gasteiger partial charge on any atom is -0.481 e. The van der Waals surface area contributed by atoms with Crippen LogP contribution in [0.15, 0.2) is 54.6 Å². The van der Waals surface area contributed by atoms with Crippen LogP contribution in [0.4, 0.5) is 4.39 Å². The van der Waals surface area contributed by atoms with E-state index in [1.165, 1.54) is 23.5 Å². The highest BCUT2D eigenvalue weighted by Crippen LogP contribution is 2.57. The Kier molecular flexibility index (Phi) is 8.56. The molecule has 2 aliphatic heterocycles. The van der Waals surface area contributed by atoms with E-state index in [0.29, 0.717) is 29.5 Å². The number of hydrogen-bond donors (Lipinski definition) is 1. The number of aromatic nitrogens is 1. The number of carboxylic acids is 1. The molecule has 6 rings (SSSR count). The van der Waals surface area contributed by atoms with Gasteiger partial charge in [0.1, 0.15) is 11.9 Å². The van der Waals surface area contributed by atoms with Crippen LogP contribution >= 0.6 is 22.9 Å². The van der Waals surface area contributed by atoms with Crippen molar-refractivity contribution in [3.8, 4) is 5.19 Å². The van der Waals surface area contributed by atoms with Gasteiger partial charge in [0.15, 0.2) is 5.78 Å². The maximum atomic E-state index is 14.2. The van der Waals surface area contributed by atoms with Gasteiger partial charge in [-0.25, -0.2) is 9.37 Å². The van der Waals surface area contributed by atoms with E-state index in [0.717, 1.165) is 41.5 Å². The number of aliphatic carboxylic acids is 1. The van der Waals surface area contributed by atoms with Crippen LogP contribution < -0.4 is 4.74 Å². The van der Waals surface area contributed by atoms with Crippen molar-refractivity contribution in [1.82, 2.24) is 9.88 Å². The Morgan fingerprint density at radius 1 is 1.19 bits per heavy atom. The Labute approximate surface area is 258 Å². The van der Waals surface area contributed by atoms with Crippen molar-refractivity contribution in [2.24, 2.45) is 17.3 Å². The van der Waals surface area contributed by atoms with Crippen LogP contribution in [-0.4, -0.2) is 51.3 Å². The number of fused-ring (bicyclic) bond motifs is 3. The highest BCUT2D eigenvalue weighted by Gasteiger charge is 2.61. The van der Waals surface area contributed by atoms with Crippen LogP contribution in [0.1, 0.15) is 56.9 Å². The molecule has 3 heterocycles. The van der Waals surface area contributed by atoms with Crippen LogP contribution in [0.3, 0.4) is 0 Å². The summed E-state index contributed by atoms with van der Waals surface area (Å²) in [6.45, 7) is 0.189. The lowest BCUT2D eigenvalue weighted by Gasteiger charge is -2.29. The van der Waals surface area contributed by atoms with Gasteiger partial charge in [0, 0.05) is 23.8 Å². The van der Waals surface area contributed by atoms with Gasteiger partial charge in [0.2, 0.25) is 5.91 Å². The number of rotatable bonds is 5. The first-order valence-electron chi connectivity index (χ1n) is 14.9. The molecule has 0 radical (unpaired) electrons. The summed E-state index contributed by atoms with van der Waals surface area (Å²) < 4.78 is 21.2. The number of halogens is 2. The molecule has 2 aromatic carbocycles. The van der Waals surface area contributed by atoms with E-state index in [1.807, 2.05) is 30.4 Å². The first kappa shape index (κ1) is 29.8. The van der Waals surface area contributed by atoms with E-state index in [9.17, 15) is 23.9 Å². The number of ether oxygens (including phenoxy) is 1. The number of amides is 1. The van der Waals surface area contributed by atoms with Gasteiger partial charge in [0.05, 0.1) is 28.2 Å². The van der Waals surface area contributed by atoms with Gasteiger partial charge in [-0.1, -0.05) is 60.1 Å². The molecule has 0 bridgehead atoms. The van der Waals surface area contributed by atoms with Crippen LogP contribution in [0.5, 0.6) is 5.19 Å². The van der Waals surface area contributed by atoms with E-state index < -0.39 is 29.4 Å². The van der Waals surface area contributed by atoms with E-state index in [1.54, 1.807) is 17.0 Å². The number of Topliss-reactive ketones (excluding diaryl/α,β-unsaturated/α-hetero) is 1. The van der Waals surface area contributed by atoms with Crippen molar-refractivity contribution >= 4 is 50.8 Å². The van der Waals surface area contributed by atoms with E-state index in [-0.39, 0.29) is 42.8 Å². The summed E-state index contributed by atoms with van der Waals surface area (Å²) in [5.41, 5.74) is 0.345. The Morgan fingerprint density at radius 3 is 2.86 bits per heavy atom. The number of benzene rings is 2. The Bertz CT molecular complexity index is 1580. The molecule has 5 atom stereocenters. The molecule has 1 aliphatic carbocycles. The number of nitrogens with zero attached hydrogens (tertiary/aromatic N) is 2. The normalized spacial score (nSPS) is 28.9. The number of thiazole rings is 1. The Balaban J connectivity index is 1.29. The lowest BCUT2D eigenvalue weighted by Crippen LogP contribution is -2.45. The molecular formula is C33H34ClFN2O5S. The number of hydrogen-bond acceptors (Lipinski definition) is 6. The fourth-order valence-electron chi connectivity index (χ4n) is 6.63. The van der Waals surface area contributed by atoms with Crippen LogP contribution in [-0.2, 0) is 20.8 Å². The summed E-state index contributed by atoms with van der Waals surface area (Å²) in [5, 5.41) is 11.1. The first-order valence-corrected chi connectivity index (χ1v) is 16.1. The molecule has 7 nitrogen and oxygen atoms in total. The second kappa shape index (κ2) is 12.4. The molecule has 0 spiro atoms. The van der Waals surface area contributed by atoms with Crippen LogP contribution in [0, 0.1) is 23.1 Å². The van der Waals surface area contributed by atoms with Gasteiger partial charge in [-0.2, -0.15) is 0 Å². The standard InChI is InChI=1S/C33H34ClFN2O5S/c34-23-11-12-26-29(15-23)43-32(36-26)42-25-16-27-28(38)18-33(31(40)41)17-22(33)9-5-3-1-2-4-8-21(30(39)37(27)19-25)13-20-7-6-10-24(35)14-20/h5-7,9-12,14-15,21-22,25,27H,1-4,8,13,16-19H2,(H,40,41)/b9-5-/t21-,22+,25-,27+,33-/m1/s1. The maximum absolute atomic E-state index is 14.2. The first-order chi connectivity index (χ1) is 20.7. The number of carboxylic acid groups (broad SMARTS) is 1. The molecule has 1 saturated heterocycles. The molecule has 0 unspecified atom stereocenters. The van der Waals surface area contributed by atoms with E-state index in [4.69, 9.17) is 16.3 Å². The topological polar surface area (TPSA) is 96.8 Å². The Hall–Kier alpha value is -3.30. The summed E-state index contributed by atoms with van der Waals surface area (Å²) in [4.78, 5) is 46.7. The average molecular weight is 625 g/mol. The third-order valence-electron chi connectivity index (χ3n) is 9.08. The third kappa shape index (κ3) is 6.48. The van der Waals surface area contributed by atoms with Gasteiger partial charge >= 0.3 is 5.97 Å². The lowest BCUT2D eigenvalue weighted by molar-refractivity contribution is -0.147. The summed E-state index contributed by atoms with van der Waals surface area (Å²) in [6.07, 6.45) is 8.51. The highest BCUT2D eigenvalue weighted by molar-refractivity contribution is 7.20. The minimum atomic E-state index is -1.13. The molecule has 226 valence electrons. The largest absolute Gasteiger partial charge is 0.481 e. The summed E-state index contributed by atoms with van der Waals surface area (Å²) in [5.74, 6) is -2.38. The van der Waals surface area contributed by atoms with Crippen LogP contribution in [0.2, 0.25) is 5.02 Å². The van der Waals surface area contributed by atoms with Gasteiger partial charge in [-0.15, -0.1) is 0 Å². The third-order valence-corrected chi connectivity index (χ3v) is 10.2. The average Bonchev–Trinajstić information content (AvgIpc) is 3.29. The predicted molar refractivity (Wildman–Crippen MR) is 163 cm³/mol. The van der Waals surface area contributed by atoms with Crippen molar-refractivity contribution in [3.05, 3.63) is 71.0 Å². The number of carbonyl (C=O) groups excluding carboxylic acids is 2. The fourth-order valence-corrected chi connectivity index (χ4v) is 7.78. The molecule has 43 heavy (non-hydrogen) atoms. The van der Waals surface area contributed by atoms with Crippen molar-refractivity contribution in [3.63, 3.8) is 0 Å². The second-order valence-corrected chi connectivity index (χ2v) is 13.5. The van der Waals surface area contributed by atoms with Gasteiger partial charge in [0.25, 0.3) is 5.19 Å². The summed E-state index contributed by atoms with van der Waals surface area (Å²) in [6, 6.07) is 10.9. The Morgan fingerprint density at radius 2 is 2.05 bits per heavy atom. The molecule has 1 amide bonds. The van der Waals surface area contributed by atoms with Crippen molar-refractivity contribution in [2.45, 2.75) is 69.9 Å². The van der Waals surface area contributed by atoms with Crippen LogP contribution in [0.25, 0.3) is 10.2 Å². The minimum absolute atomic E-state index is 0.132. The van der Waals surface area contributed by atoms with Gasteiger partial charge in [-0.3, -0.25) is 14.4 Å². The molecule has 3 aliphatic rings. The predicted octanol–water partition coefficient (Wildman–Crippen LogP) is 6.87. The van der Waals surface area contributed by atoms with Crippen molar-refractivity contribution in [1.29, 1.82) is 0 Å². The molecule has 2 fully saturated rings. The number of allylic oxidation sites excluding steroid dienone is 2. The zero-order chi connectivity index (χ0) is 30.1. The molecule has 1 aromatic heterocycles.